The first-order chi connectivity index (χ1) is 5.70. The largest absolute Gasteiger partial charge is 0.293 e. The molecule has 2 heterocycles. The summed E-state index contributed by atoms with van der Waals surface area (Å²) in [5.74, 6) is 0. The second-order valence-corrected chi connectivity index (χ2v) is 2.55. The van der Waals surface area contributed by atoms with Crippen molar-refractivity contribution in [3.8, 4) is 0 Å². The van der Waals surface area contributed by atoms with Crippen LogP contribution in [0.15, 0.2) is 4.79 Å². The van der Waals surface area contributed by atoms with Gasteiger partial charge < -0.3 is 0 Å². The monoisotopic (exact) mass is 165 g/mol. The van der Waals surface area contributed by atoms with E-state index < -0.39 is 0 Å². The van der Waals surface area contributed by atoms with Crippen molar-refractivity contribution < 1.29 is 0 Å². The first-order valence-corrected chi connectivity index (χ1v) is 3.45. The standard InChI is InChI=1S/C6H7N5O/c1-3-4-5(11(2)9-3)6(12)8-10-7-4/h1-2H3,(H,7,8,12). The molecule has 0 amide bonds. The Labute approximate surface area is 67.2 Å². The summed E-state index contributed by atoms with van der Waals surface area (Å²) in [5.41, 5.74) is 1.47. The van der Waals surface area contributed by atoms with E-state index in [-0.39, 0.29) is 5.56 Å². The highest BCUT2D eigenvalue weighted by molar-refractivity contribution is 5.75. The minimum absolute atomic E-state index is 0.261. The van der Waals surface area contributed by atoms with Gasteiger partial charge >= 0.3 is 0 Å². The highest BCUT2D eigenvalue weighted by atomic mass is 16.1. The molecule has 2 rings (SSSR count). The highest BCUT2D eigenvalue weighted by Crippen LogP contribution is 2.07. The van der Waals surface area contributed by atoms with E-state index >= 15 is 0 Å². The summed E-state index contributed by atoms with van der Waals surface area (Å²) in [4.78, 5) is 11.2. The Morgan fingerprint density at radius 2 is 2.25 bits per heavy atom. The highest BCUT2D eigenvalue weighted by Gasteiger charge is 2.08. The third-order valence-electron chi connectivity index (χ3n) is 1.71. The molecule has 0 unspecified atom stereocenters. The van der Waals surface area contributed by atoms with Gasteiger partial charge in [0.1, 0.15) is 5.52 Å². The zero-order valence-corrected chi connectivity index (χ0v) is 6.70. The van der Waals surface area contributed by atoms with Crippen LogP contribution in [0.25, 0.3) is 11.0 Å². The second-order valence-electron chi connectivity index (χ2n) is 2.55. The third kappa shape index (κ3) is 0.744. The number of aryl methyl sites for hydroxylation is 2. The Kier molecular flexibility index (Phi) is 1.24. The molecule has 0 atom stereocenters. The van der Waals surface area contributed by atoms with Gasteiger partial charge in [-0.25, -0.2) is 5.10 Å². The van der Waals surface area contributed by atoms with Gasteiger partial charge in [0.15, 0.2) is 5.52 Å². The minimum Gasteiger partial charge on any atom is -0.265 e. The van der Waals surface area contributed by atoms with Crippen molar-refractivity contribution in [2.24, 2.45) is 7.05 Å². The van der Waals surface area contributed by atoms with E-state index in [4.69, 9.17) is 0 Å². The molecular formula is C6H7N5O. The van der Waals surface area contributed by atoms with E-state index in [2.05, 4.69) is 20.5 Å². The van der Waals surface area contributed by atoms with Crippen LogP contribution in [0.4, 0.5) is 0 Å². The molecule has 0 saturated heterocycles. The van der Waals surface area contributed by atoms with Gasteiger partial charge in [-0.3, -0.25) is 9.48 Å². The van der Waals surface area contributed by atoms with Gasteiger partial charge in [-0.15, -0.1) is 5.10 Å². The van der Waals surface area contributed by atoms with Crippen LogP contribution in [0.1, 0.15) is 5.69 Å². The normalized spacial score (nSPS) is 10.8. The molecule has 0 aliphatic heterocycles. The van der Waals surface area contributed by atoms with Gasteiger partial charge in [-0.2, -0.15) is 5.10 Å². The van der Waals surface area contributed by atoms with Crippen molar-refractivity contribution in [2.45, 2.75) is 6.92 Å². The predicted octanol–water partition coefficient (Wildman–Crippen LogP) is -0.640. The number of nitrogens with one attached hydrogen (secondary N) is 1. The van der Waals surface area contributed by atoms with E-state index in [9.17, 15) is 4.79 Å². The lowest BCUT2D eigenvalue weighted by atomic mass is 10.4. The molecule has 6 heteroatoms. The fraction of sp³-hybridized carbons (Fsp3) is 0.333. The maximum absolute atomic E-state index is 11.2. The Morgan fingerprint density at radius 1 is 1.50 bits per heavy atom. The summed E-state index contributed by atoms with van der Waals surface area (Å²) in [7, 11) is 1.70. The van der Waals surface area contributed by atoms with Crippen molar-refractivity contribution in [3.63, 3.8) is 0 Å². The predicted molar refractivity (Wildman–Crippen MR) is 41.7 cm³/mol. The number of hydrogen-bond acceptors (Lipinski definition) is 4. The van der Waals surface area contributed by atoms with Crippen LogP contribution in [0, 0.1) is 6.92 Å². The Morgan fingerprint density at radius 3 is 2.92 bits per heavy atom. The zero-order chi connectivity index (χ0) is 8.72. The van der Waals surface area contributed by atoms with Gasteiger partial charge in [0, 0.05) is 7.05 Å². The molecular weight excluding hydrogens is 158 g/mol. The molecule has 0 aliphatic rings. The fourth-order valence-electron chi connectivity index (χ4n) is 1.19. The smallest absolute Gasteiger partial charge is 0.265 e. The summed E-state index contributed by atoms with van der Waals surface area (Å²) >= 11 is 0. The lowest BCUT2D eigenvalue weighted by Crippen LogP contribution is -2.12. The van der Waals surface area contributed by atoms with Crippen LogP contribution in [-0.2, 0) is 7.05 Å². The lowest BCUT2D eigenvalue weighted by Gasteiger charge is -1.88. The summed E-state index contributed by atoms with van der Waals surface area (Å²) in [6.07, 6.45) is 0. The maximum Gasteiger partial charge on any atom is 0.293 e. The molecule has 62 valence electrons. The van der Waals surface area contributed by atoms with Crippen LogP contribution >= 0.6 is 0 Å². The van der Waals surface area contributed by atoms with Gasteiger partial charge in [0.25, 0.3) is 5.56 Å². The topological polar surface area (TPSA) is 76.5 Å². The van der Waals surface area contributed by atoms with E-state index in [0.717, 1.165) is 0 Å². The fourth-order valence-corrected chi connectivity index (χ4v) is 1.19. The van der Waals surface area contributed by atoms with Gasteiger partial charge in [-0.1, -0.05) is 5.21 Å². The molecule has 0 spiro atoms. The number of aromatic nitrogens is 5. The number of nitrogens with zero attached hydrogens (tertiary/aromatic N) is 4. The molecule has 0 aliphatic carbocycles. The number of rotatable bonds is 0. The molecule has 2 aromatic rings. The summed E-state index contributed by atoms with van der Waals surface area (Å²) in [6, 6.07) is 0. The van der Waals surface area contributed by atoms with Crippen LogP contribution in [0.5, 0.6) is 0 Å². The number of fused-ring (bicyclic) bond motifs is 1. The molecule has 6 nitrogen and oxygen atoms in total. The number of aromatic amines is 1. The first kappa shape index (κ1) is 6.96. The number of hydrogen-bond donors (Lipinski definition) is 1. The minimum atomic E-state index is -0.261. The summed E-state index contributed by atoms with van der Waals surface area (Å²) in [6.45, 7) is 1.79. The third-order valence-corrected chi connectivity index (χ3v) is 1.71. The van der Waals surface area contributed by atoms with Gasteiger partial charge in [0.2, 0.25) is 0 Å². The molecule has 0 saturated carbocycles. The van der Waals surface area contributed by atoms with Crippen molar-refractivity contribution >= 4 is 11.0 Å². The van der Waals surface area contributed by atoms with E-state index in [1.165, 1.54) is 4.68 Å². The van der Waals surface area contributed by atoms with Gasteiger partial charge in [0.05, 0.1) is 5.69 Å². The zero-order valence-electron chi connectivity index (χ0n) is 6.70. The quantitative estimate of drug-likeness (QED) is 0.563. The molecule has 12 heavy (non-hydrogen) atoms. The average molecular weight is 165 g/mol. The number of H-pyrrole nitrogens is 1. The Hall–Kier alpha value is -1.72. The first-order valence-electron chi connectivity index (χ1n) is 3.45. The lowest BCUT2D eigenvalue weighted by molar-refractivity contribution is 0.774. The Balaban J connectivity index is 3.09. The average Bonchev–Trinajstić information content (AvgIpc) is 2.29. The van der Waals surface area contributed by atoms with Crippen molar-refractivity contribution in [1.82, 2.24) is 25.2 Å². The van der Waals surface area contributed by atoms with Crippen molar-refractivity contribution in [2.75, 3.05) is 0 Å². The summed E-state index contributed by atoms with van der Waals surface area (Å²) in [5, 5.41) is 13.5. The van der Waals surface area contributed by atoms with Crippen LogP contribution in [-0.4, -0.2) is 25.2 Å². The molecule has 0 radical (unpaired) electrons. The van der Waals surface area contributed by atoms with E-state index in [0.29, 0.717) is 16.7 Å². The maximum atomic E-state index is 11.2. The van der Waals surface area contributed by atoms with Crippen molar-refractivity contribution in [3.05, 3.63) is 16.0 Å². The molecule has 0 aromatic carbocycles. The van der Waals surface area contributed by atoms with Crippen LogP contribution in [0.3, 0.4) is 0 Å². The van der Waals surface area contributed by atoms with Crippen LogP contribution in [0.2, 0.25) is 0 Å². The second kappa shape index (κ2) is 2.13. The van der Waals surface area contributed by atoms with E-state index in [1.807, 2.05) is 0 Å². The SMILES string of the molecule is Cc1nn(C)c2c(=O)[nH]nnc12. The molecule has 2 aromatic heterocycles. The molecule has 0 bridgehead atoms. The summed E-state index contributed by atoms with van der Waals surface area (Å²) < 4.78 is 1.50. The van der Waals surface area contributed by atoms with Gasteiger partial charge in [-0.05, 0) is 6.92 Å². The molecule has 1 N–H and O–H groups in total. The Bertz CT molecular complexity index is 482. The van der Waals surface area contributed by atoms with Crippen molar-refractivity contribution in [1.29, 1.82) is 0 Å². The van der Waals surface area contributed by atoms with Crippen LogP contribution < -0.4 is 5.56 Å². The van der Waals surface area contributed by atoms with E-state index in [1.54, 1.807) is 14.0 Å². The molecule has 0 fully saturated rings.